The third-order valence-corrected chi connectivity index (χ3v) is 5.19. The number of nitrogens with zero attached hydrogens (tertiary/aromatic N) is 3. The van der Waals surface area contributed by atoms with Crippen LogP contribution < -0.4 is 0 Å². The summed E-state index contributed by atoms with van der Waals surface area (Å²) in [6.45, 7) is 8.18. The lowest BCUT2D eigenvalue weighted by molar-refractivity contribution is -0.141. The van der Waals surface area contributed by atoms with Gasteiger partial charge in [-0.3, -0.25) is 14.5 Å². The average molecular weight is 293 g/mol. The van der Waals surface area contributed by atoms with Crippen molar-refractivity contribution >= 4 is 11.8 Å². The zero-order valence-corrected chi connectivity index (χ0v) is 13.1. The summed E-state index contributed by atoms with van der Waals surface area (Å²) in [4.78, 5) is 30.3. The predicted octanol–water partition coefficient (Wildman–Crippen LogP) is 0.799. The molecule has 1 saturated carbocycles. The Morgan fingerprint density at radius 1 is 0.857 bits per heavy atom. The van der Waals surface area contributed by atoms with Gasteiger partial charge in [0.05, 0.1) is 0 Å². The predicted molar refractivity (Wildman–Crippen MR) is 80.7 cm³/mol. The molecule has 2 aliphatic heterocycles. The Labute approximate surface area is 127 Å². The first-order valence-electron chi connectivity index (χ1n) is 8.40. The highest BCUT2D eigenvalue weighted by Gasteiger charge is 2.32. The van der Waals surface area contributed by atoms with E-state index < -0.39 is 0 Å². The van der Waals surface area contributed by atoms with Crippen molar-refractivity contribution in [3.8, 4) is 0 Å². The molecular formula is C16H27N3O2. The van der Waals surface area contributed by atoms with Gasteiger partial charge in [-0.15, -0.1) is 0 Å². The molecule has 0 aromatic heterocycles. The third-order valence-electron chi connectivity index (χ3n) is 5.19. The van der Waals surface area contributed by atoms with Crippen LogP contribution >= 0.6 is 0 Å². The van der Waals surface area contributed by atoms with E-state index in [1.165, 1.54) is 19.4 Å². The van der Waals surface area contributed by atoms with Gasteiger partial charge in [0.15, 0.2) is 0 Å². The normalized spacial score (nSPS) is 25.2. The lowest BCUT2D eigenvalue weighted by atomic mass is 9.95. The van der Waals surface area contributed by atoms with Crippen LogP contribution in [0.15, 0.2) is 0 Å². The molecular weight excluding hydrogens is 266 g/mol. The topological polar surface area (TPSA) is 43.9 Å². The molecule has 0 bridgehead atoms. The molecule has 0 unspecified atom stereocenters. The van der Waals surface area contributed by atoms with Crippen molar-refractivity contribution in [3.05, 3.63) is 0 Å². The van der Waals surface area contributed by atoms with Gasteiger partial charge in [-0.1, -0.05) is 0 Å². The third kappa shape index (κ3) is 3.76. The van der Waals surface area contributed by atoms with Gasteiger partial charge in [0, 0.05) is 58.7 Å². The summed E-state index contributed by atoms with van der Waals surface area (Å²) in [5.74, 6) is 1.53. The zero-order valence-electron chi connectivity index (χ0n) is 13.1. The van der Waals surface area contributed by atoms with Crippen LogP contribution in [0.3, 0.4) is 0 Å². The second kappa shape index (κ2) is 6.34. The van der Waals surface area contributed by atoms with Gasteiger partial charge >= 0.3 is 0 Å². The van der Waals surface area contributed by atoms with E-state index in [4.69, 9.17) is 0 Å². The van der Waals surface area contributed by atoms with Crippen molar-refractivity contribution in [1.29, 1.82) is 0 Å². The number of hydrogen-bond acceptors (Lipinski definition) is 3. The van der Waals surface area contributed by atoms with E-state index in [1.807, 2.05) is 4.90 Å². The molecule has 118 valence electrons. The second-order valence-corrected chi connectivity index (χ2v) is 6.85. The molecule has 2 heterocycles. The molecule has 1 aliphatic carbocycles. The highest BCUT2D eigenvalue weighted by atomic mass is 16.2. The quantitative estimate of drug-likeness (QED) is 0.773. The van der Waals surface area contributed by atoms with Crippen molar-refractivity contribution in [2.75, 3.05) is 45.8 Å². The largest absolute Gasteiger partial charge is 0.343 e. The van der Waals surface area contributed by atoms with E-state index in [-0.39, 0.29) is 11.8 Å². The molecule has 0 atom stereocenters. The van der Waals surface area contributed by atoms with E-state index >= 15 is 0 Å². The zero-order chi connectivity index (χ0) is 14.8. The molecule has 0 spiro atoms. The smallest absolute Gasteiger partial charge is 0.225 e. The van der Waals surface area contributed by atoms with E-state index in [2.05, 4.69) is 9.80 Å². The van der Waals surface area contributed by atoms with E-state index in [0.29, 0.717) is 5.91 Å². The minimum absolute atomic E-state index is 0.134. The number of amides is 2. The Morgan fingerprint density at radius 2 is 1.48 bits per heavy atom. The summed E-state index contributed by atoms with van der Waals surface area (Å²) in [6, 6.07) is 0. The van der Waals surface area contributed by atoms with Crippen LogP contribution in [-0.2, 0) is 9.59 Å². The molecule has 3 rings (SSSR count). The summed E-state index contributed by atoms with van der Waals surface area (Å²) >= 11 is 0. The molecule has 0 radical (unpaired) electrons. The lowest BCUT2D eigenvalue weighted by Gasteiger charge is -2.38. The number of carbonyl (C=O) groups excluding carboxylic acids is 2. The van der Waals surface area contributed by atoms with Gasteiger partial charge in [-0.25, -0.2) is 0 Å². The molecule has 5 heteroatoms. The van der Waals surface area contributed by atoms with E-state index in [1.54, 1.807) is 6.92 Å². The van der Waals surface area contributed by atoms with Crippen LogP contribution in [0.4, 0.5) is 0 Å². The van der Waals surface area contributed by atoms with Crippen LogP contribution in [0.2, 0.25) is 0 Å². The minimum Gasteiger partial charge on any atom is -0.343 e. The Balaban J connectivity index is 1.42. The number of piperidine rings is 1. The van der Waals surface area contributed by atoms with Crippen LogP contribution in [0.5, 0.6) is 0 Å². The number of likely N-dealkylation sites (tertiary alicyclic amines) is 1. The molecule has 0 aromatic rings. The molecule has 21 heavy (non-hydrogen) atoms. The van der Waals surface area contributed by atoms with Crippen molar-refractivity contribution < 1.29 is 9.59 Å². The Morgan fingerprint density at radius 3 is 2.00 bits per heavy atom. The number of carbonyl (C=O) groups is 2. The maximum Gasteiger partial charge on any atom is 0.225 e. The fourth-order valence-corrected chi connectivity index (χ4v) is 3.52. The average Bonchev–Trinajstić information content (AvgIpc) is 3.31. The SMILES string of the molecule is CC(=O)N1CCC(C(=O)N2CCN(CC3CC3)CC2)CC1. The first kappa shape index (κ1) is 14.8. The molecule has 3 aliphatic rings. The van der Waals surface area contributed by atoms with Gasteiger partial charge in [-0.2, -0.15) is 0 Å². The highest BCUT2D eigenvalue weighted by Crippen LogP contribution is 2.30. The fraction of sp³-hybridized carbons (Fsp3) is 0.875. The molecule has 2 saturated heterocycles. The monoisotopic (exact) mass is 293 g/mol. The van der Waals surface area contributed by atoms with E-state index in [0.717, 1.165) is 58.0 Å². The van der Waals surface area contributed by atoms with Gasteiger partial charge in [-0.05, 0) is 31.6 Å². The number of piperazine rings is 1. The first-order valence-corrected chi connectivity index (χ1v) is 8.40. The highest BCUT2D eigenvalue weighted by molar-refractivity contribution is 5.79. The summed E-state index contributed by atoms with van der Waals surface area (Å²) in [5.41, 5.74) is 0. The standard InChI is InChI=1S/C16H27N3O2/c1-13(20)18-6-4-15(5-7-18)16(21)19-10-8-17(9-11-19)12-14-2-3-14/h14-15H,2-12H2,1H3. The molecule has 2 amide bonds. The number of rotatable bonds is 3. The fourth-order valence-electron chi connectivity index (χ4n) is 3.52. The minimum atomic E-state index is 0.134. The van der Waals surface area contributed by atoms with Crippen molar-refractivity contribution in [2.45, 2.75) is 32.6 Å². The van der Waals surface area contributed by atoms with Crippen molar-refractivity contribution in [2.24, 2.45) is 11.8 Å². The maximum atomic E-state index is 12.6. The molecule has 3 fully saturated rings. The number of hydrogen-bond donors (Lipinski definition) is 0. The second-order valence-electron chi connectivity index (χ2n) is 6.85. The molecule has 0 N–H and O–H groups in total. The van der Waals surface area contributed by atoms with Crippen molar-refractivity contribution in [1.82, 2.24) is 14.7 Å². The summed E-state index contributed by atoms with van der Waals surface area (Å²) < 4.78 is 0. The summed E-state index contributed by atoms with van der Waals surface area (Å²) in [7, 11) is 0. The Kier molecular flexibility index (Phi) is 4.48. The summed E-state index contributed by atoms with van der Waals surface area (Å²) in [6.07, 6.45) is 4.46. The van der Waals surface area contributed by atoms with Gasteiger partial charge in [0.25, 0.3) is 0 Å². The van der Waals surface area contributed by atoms with Crippen LogP contribution in [0.25, 0.3) is 0 Å². The lowest BCUT2D eigenvalue weighted by Crippen LogP contribution is -2.52. The first-order chi connectivity index (χ1) is 10.1. The molecule has 0 aromatic carbocycles. The van der Waals surface area contributed by atoms with Crippen molar-refractivity contribution in [3.63, 3.8) is 0 Å². The maximum absolute atomic E-state index is 12.6. The Bertz CT molecular complexity index is 392. The van der Waals surface area contributed by atoms with Gasteiger partial charge in [0.1, 0.15) is 0 Å². The summed E-state index contributed by atoms with van der Waals surface area (Å²) in [5, 5.41) is 0. The van der Waals surface area contributed by atoms with Gasteiger partial charge in [0.2, 0.25) is 11.8 Å². The van der Waals surface area contributed by atoms with Gasteiger partial charge < -0.3 is 9.80 Å². The van der Waals surface area contributed by atoms with Crippen LogP contribution in [0, 0.1) is 11.8 Å². The van der Waals surface area contributed by atoms with E-state index in [9.17, 15) is 9.59 Å². The Hall–Kier alpha value is -1.10. The van der Waals surface area contributed by atoms with Crippen LogP contribution in [-0.4, -0.2) is 72.3 Å². The molecule has 5 nitrogen and oxygen atoms in total. The van der Waals surface area contributed by atoms with Crippen LogP contribution in [0.1, 0.15) is 32.6 Å².